The Balaban J connectivity index is 2.09. The molecular weight excluding hydrogens is 310 g/mol. The number of amides is 1. The quantitative estimate of drug-likeness (QED) is 0.513. The van der Waals surface area contributed by atoms with Crippen molar-refractivity contribution >= 4 is 29.4 Å². The van der Waals surface area contributed by atoms with Crippen molar-refractivity contribution in [2.24, 2.45) is 5.10 Å². The molecule has 0 aliphatic rings. The highest BCUT2D eigenvalue weighted by Gasteiger charge is 2.15. The summed E-state index contributed by atoms with van der Waals surface area (Å²) in [7, 11) is 0. The van der Waals surface area contributed by atoms with Crippen molar-refractivity contribution in [3.05, 3.63) is 68.7 Å². The fraction of sp³-hybridized carbons (Fsp3) is 0. The van der Waals surface area contributed by atoms with E-state index in [-0.39, 0.29) is 22.0 Å². The van der Waals surface area contributed by atoms with Gasteiger partial charge in [-0.25, -0.2) is 5.43 Å². The van der Waals surface area contributed by atoms with Crippen molar-refractivity contribution in [3.63, 3.8) is 0 Å². The lowest BCUT2D eigenvalue weighted by Crippen LogP contribution is -2.17. The molecule has 0 saturated heterocycles. The number of halogens is 1. The maximum Gasteiger partial charge on any atom is 0.288 e. The second kappa shape index (κ2) is 6.68. The molecule has 0 aromatic heterocycles. The van der Waals surface area contributed by atoms with Gasteiger partial charge in [0, 0.05) is 11.6 Å². The second-order valence-electron chi connectivity index (χ2n) is 4.22. The van der Waals surface area contributed by atoms with Crippen LogP contribution in [-0.4, -0.2) is 22.2 Å². The van der Waals surface area contributed by atoms with Gasteiger partial charge in [0.25, 0.3) is 11.6 Å². The van der Waals surface area contributed by atoms with Crippen LogP contribution in [0.4, 0.5) is 5.69 Å². The molecule has 0 saturated carbocycles. The smallest absolute Gasteiger partial charge is 0.288 e. The van der Waals surface area contributed by atoms with E-state index in [9.17, 15) is 20.0 Å². The molecule has 0 radical (unpaired) electrons. The number of rotatable bonds is 4. The van der Waals surface area contributed by atoms with Crippen molar-refractivity contribution in [2.75, 3.05) is 0 Å². The Morgan fingerprint density at radius 2 is 2.09 bits per heavy atom. The predicted molar refractivity (Wildman–Crippen MR) is 81.3 cm³/mol. The summed E-state index contributed by atoms with van der Waals surface area (Å²) in [5, 5.41) is 23.7. The van der Waals surface area contributed by atoms with E-state index in [1.807, 2.05) is 0 Å². The molecule has 2 aromatic rings. The first kappa shape index (κ1) is 15.5. The van der Waals surface area contributed by atoms with Gasteiger partial charge < -0.3 is 5.11 Å². The van der Waals surface area contributed by atoms with Crippen LogP contribution in [0.2, 0.25) is 5.02 Å². The van der Waals surface area contributed by atoms with Crippen LogP contribution in [0.25, 0.3) is 0 Å². The standard InChI is InChI=1S/C14H10ClN3O4/c15-12-5-4-10(7-13(12)18(21)22)14(20)17-16-8-9-2-1-3-11(19)6-9/h1-8,19H,(H,17,20)/b16-8+. The van der Waals surface area contributed by atoms with E-state index in [0.717, 1.165) is 6.07 Å². The minimum absolute atomic E-state index is 0.0511. The predicted octanol–water partition coefficient (Wildman–Crippen LogP) is 2.72. The number of nitro benzene ring substituents is 1. The summed E-state index contributed by atoms with van der Waals surface area (Å²) in [6.45, 7) is 0. The van der Waals surface area contributed by atoms with Gasteiger partial charge >= 0.3 is 0 Å². The summed E-state index contributed by atoms with van der Waals surface area (Å²) in [6, 6.07) is 9.97. The van der Waals surface area contributed by atoms with Gasteiger partial charge in [-0.15, -0.1) is 0 Å². The van der Waals surface area contributed by atoms with Gasteiger partial charge in [0.2, 0.25) is 0 Å². The Kier molecular flexibility index (Phi) is 4.70. The van der Waals surface area contributed by atoms with E-state index in [1.54, 1.807) is 12.1 Å². The normalized spacial score (nSPS) is 10.6. The number of hydrogen-bond donors (Lipinski definition) is 2. The minimum atomic E-state index is -0.672. The average molecular weight is 320 g/mol. The molecule has 0 heterocycles. The molecule has 0 aliphatic carbocycles. The third kappa shape index (κ3) is 3.80. The van der Waals surface area contributed by atoms with Gasteiger partial charge in [-0.2, -0.15) is 5.10 Å². The third-order valence-electron chi connectivity index (χ3n) is 2.65. The van der Waals surface area contributed by atoms with Crippen LogP contribution in [0.5, 0.6) is 5.75 Å². The van der Waals surface area contributed by atoms with Gasteiger partial charge in [0.1, 0.15) is 10.8 Å². The van der Waals surface area contributed by atoms with Gasteiger partial charge in [0.15, 0.2) is 0 Å². The lowest BCUT2D eigenvalue weighted by atomic mass is 10.2. The van der Waals surface area contributed by atoms with Crippen LogP contribution < -0.4 is 5.43 Å². The molecule has 0 atom stereocenters. The van der Waals surface area contributed by atoms with Crippen molar-refractivity contribution in [1.29, 1.82) is 0 Å². The Labute approximate surface area is 130 Å². The van der Waals surface area contributed by atoms with Crippen molar-refractivity contribution in [1.82, 2.24) is 5.43 Å². The molecule has 112 valence electrons. The van der Waals surface area contributed by atoms with Crippen LogP contribution in [0.3, 0.4) is 0 Å². The summed E-state index contributed by atoms with van der Waals surface area (Å²) in [6.07, 6.45) is 1.34. The number of nitrogens with one attached hydrogen (secondary N) is 1. The summed E-state index contributed by atoms with van der Waals surface area (Å²) in [5.74, 6) is -0.542. The molecule has 0 bridgehead atoms. The van der Waals surface area contributed by atoms with Gasteiger partial charge in [0.05, 0.1) is 11.1 Å². The van der Waals surface area contributed by atoms with E-state index in [4.69, 9.17) is 11.6 Å². The first-order valence-corrected chi connectivity index (χ1v) is 6.41. The Morgan fingerprint density at radius 1 is 1.32 bits per heavy atom. The molecule has 0 fully saturated rings. The first-order valence-electron chi connectivity index (χ1n) is 6.04. The zero-order valence-electron chi connectivity index (χ0n) is 11.1. The van der Waals surface area contributed by atoms with Gasteiger partial charge in [-0.3, -0.25) is 14.9 Å². The second-order valence-corrected chi connectivity index (χ2v) is 4.62. The number of nitro groups is 1. The maximum atomic E-state index is 11.8. The lowest BCUT2D eigenvalue weighted by molar-refractivity contribution is -0.384. The molecule has 0 spiro atoms. The monoisotopic (exact) mass is 319 g/mol. The summed E-state index contributed by atoms with van der Waals surface area (Å²) >= 11 is 5.67. The van der Waals surface area contributed by atoms with E-state index < -0.39 is 10.8 Å². The van der Waals surface area contributed by atoms with E-state index in [0.29, 0.717) is 5.56 Å². The van der Waals surface area contributed by atoms with Crippen LogP contribution in [0.1, 0.15) is 15.9 Å². The number of aromatic hydroxyl groups is 1. The molecular formula is C14H10ClN3O4. The lowest BCUT2D eigenvalue weighted by Gasteiger charge is -2.01. The molecule has 7 nitrogen and oxygen atoms in total. The number of hydrazone groups is 1. The summed E-state index contributed by atoms with van der Waals surface area (Å²) in [4.78, 5) is 21.9. The molecule has 2 N–H and O–H groups in total. The Morgan fingerprint density at radius 3 is 2.77 bits per heavy atom. The molecule has 1 amide bonds. The fourth-order valence-electron chi connectivity index (χ4n) is 1.63. The number of carbonyl (C=O) groups excluding carboxylic acids is 1. The third-order valence-corrected chi connectivity index (χ3v) is 2.97. The topological polar surface area (TPSA) is 105 Å². The Hall–Kier alpha value is -2.93. The number of carbonyl (C=O) groups is 1. The van der Waals surface area contributed by atoms with E-state index in [1.165, 1.54) is 30.5 Å². The number of nitrogens with zero attached hydrogens (tertiary/aromatic N) is 2. The van der Waals surface area contributed by atoms with Crippen molar-refractivity contribution in [2.45, 2.75) is 0 Å². The number of hydrogen-bond acceptors (Lipinski definition) is 5. The van der Waals surface area contributed by atoms with E-state index >= 15 is 0 Å². The average Bonchev–Trinajstić information content (AvgIpc) is 2.47. The Bertz CT molecular complexity index is 762. The molecule has 2 rings (SSSR count). The molecule has 0 aliphatic heterocycles. The van der Waals surface area contributed by atoms with Gasteiger partial charge in [-0.1, -0.05) is 23.7 Å². The summed E-state index contributed by atoms with van der Waals surface area (Å²) in [5.41, 5.74) is 2.53. The maximum absolute atomic E-state index is 11.8. The molecule has 2 aromatic carbocycles. The van der Waals surface area contributed by atoms with Crippen LogP contribution in [0, 0.1) is 10.1 Å². The number of phenolic OH excluding ortho intramolecular Hbond substituents is 1. The van der Waals surface area contributed by atoms with E-state index in [2.05, 4.69) is 10.5 Å². The number of phenols is 1. The highest BCUT2D eigenvalue weighted by molar-refractivity contribution is 6.32. The van der Waals surface area contributed by atoms with Crippen LogP contribution in [0.15, 0.2) is 47.6 Å². The van der Waals surface area contributed by atoms with Crippen LogP contribution in [-0.2, 0) is 0 Å². The first-order chi connectivity index (χ1) is 10.5. The van der Waals surface area contributed by atoms with Gasteiger partial charge in [-0.05, 0) is 29.8 Å². The minimum Gasteiger partial charge on any atom is -0.508 e. The largest absolute Gasteiger partial charge is 0.508 e. The number of benzene rings is 2. The van der Waals surface area contributed by atoms with Crippen molar-refractivity contribution < 1.29 is 14.8 Å². The molecule has 22 heavy (non-hydrogen) atoms. The SMILES string of the molecule is O=C(N/N=C/c1cccc(O)c1)c1ccc(Cl)c([N+](=O)[O-])c1. The fourth-order valence-corrected chi connectivity index (χ4v) is 1.82. The molecule has 8 heteroatoms. The zero-order chi connectivity index (χ0) is 16.1. The zero-order valence-corrected chi connectivity index (χ0v) is 11.8. The summed E-state index contributed by atoms with van der Waals surface area (Å²) < 4.78 is 0. The highest BCUT2D eigenvalue weighted by Crippen LogP contribution is 2.24. The van der Waals surface area contributed by atoms with Crippen molar-refractivity contribution in [3.8, 4) is 5.75 Å². The molecule has 0 unspecified atom stereocenters. The van der Waals surface area contributed by atoms with Crippen LogP contribution >= 0.6 is 11.6 Å². The highest BCUT2D eigenvalue weighted by atomic mass is 35.5.